The van der Waals surface area contributed by atoms with Gasteiger partial charge < -0.3 is 19.1 Å². The van der Waals surface area contributed by atoms with Gasteiger partial charge in [0.25, 0.3) is 5.91 Å². The lowest BCUT2D eigenvalue weighted by molar-refractivity contribution is 0.0646. The van der Waals surface area contributed by atoms with Crippen LogP contribution in [0.1, 0.15) is 33.6 Å². The zero-order chi connectivity index (χ0) is 20.4. The van der Waals surface area contributed by atoms with Crippen molar-refractivity contribution in [3.63, 3.8) is 0 Å². The van der Waals surface area contributed by atoms with Gasteiger partial charge in [0.2, 0.25) is 0 Å². The van der Waals surface area contributed by atoms with Crippen molar-refractivity contribution in [2.45, 2.75) is 12.8 Å². The van der Waals surface area contributed by atoms with E-state index >= 15 is 0 Å². The van der Waals surface area contributed by atoms with Crippen LogP contribution in [0.25, 0.3) is 0 Å². The number of halogens is 1. The Balaban J connectivity index is 1.40. The van der Waals surface area contributed by atoms with Crippen LogP contribution in [0.2, 0.25) is 0 Å². The largest absolute Gasteiger partial charge is 0.497 e. The van der Waals surface area contributed by atoms with Gasteiger partial charge in [-0.15, -0.1) is 0 Å². The van der Waals surface area contributed by atoms with E-state index in [-0.39, 0.29) is 23.2 Å². The molecule has 2 aliphatic rings. The van der Waals surface area contributed by atoms with Crippen molar-refractivity contribution in [1.29, 1.82) is 0 Å². The van der Waals surface area contributed by atoms with Crippen molar-refractivity contribution in [2.75, 3.05) is 33.4 Å². The molecular formula is C22H22FNO5. The molecule has 2 aromatic rings. The number of carbonyl (C=O) groups excluding carboxylic acids is 2. The predicted octanol–water partition coefficient (Wildman–Crippen LogP) is 3.34. The normalized spacial score (nSPS) is 16.4. The molecule has 0 radical (unpaired) electrons. The molecule has 0 atom stereocenters. The Morgan fingerprint density at radius 2 is 1.76 bits per heavy atom. The standard InChI is InChI=1S/C22H22FNO5/c1-27-16-3-4-17(18(23)13-16)22(26)24-8-6-14(7-9-24)21(25)15-2-5-19-20(12-15)29-11-10-28-19/h2-5,12-14H,6-11H2,1H3. The van der Waals surface area contributed by atoms with E-state index in [1.54, 1.807) is 29.2 Å². The van der Waals surface area contributed by atoms with Crippen LogP contribution in [0.3, 0.4) is 0 Å². The highest BCUT2D eigenvalue weighted by atomic mass is 19.1. The van der Waals surface area contributed by atoms with Crippen LogP contribution in [-0.4, -0.2) is 50.0 Å². The fourth-order valence-corrected chi connectivity index (χ4v) is 3.74. The van der Waals surface area contributed by atoms with E-state index in [2.05, 4.69) is 0 Å². The van der Waals surface area contributed by atoms with E-state index in [1.165, 1.54) is 19.2 Å². The number of Topliss-reactive ketones (excluding diaryl/α,β-unsaturated/α-hetero) is 1. The number of rotatable bonds is 4. The van der Waals surface area contributed by atoms with Gasteiger partial charge >= 0.3 is 0 Å². The minimum Gasteiger partial charge on any atom is -0.497 e. The van der Waals surface area contributed by atoms with Gasteiger partial charge in [0.15, 0.2) is 17.3 Å². The van der Waals surface area contributed by atoms with Crippen LogP contribution in [0.15, 0.2) is 36.4 Å². The Kier molecular flexibility index (Phi) is 5.38. The Morgan fingerprint density at radius 3 is 2.45 bits per heavy atom. The number of carbonyl (C=O) groups is 2. The Bertz CT molecular complexity index is 937. The first-order valence-electron chi connectivity index (χ1n) is 9.63. The number of benzene rings is 2. The van der Waals surface area contributed by atoms with Gasteiger partial charge in [-0.05, 0) is 43.2 Å². The molecule has 6 nitrogen and oxygen atoms in total. The molecule has 2 heterocycles. The number of hydrogen-bond acceptors (Lipinski definition) is 5. The van der Waals surface area contributed by atoms with Crippen molar-refractivity contribution in [3.8, 4) is 17.2 Å². The van der Waals surface area contributed by atoms with Gasteiger partial charge in [0, 0.05) is 30.6 Å². The summed E-state index contributed by atoms with van der Waals surface area (Å²) in [5.41, 5.74) is 0.600. The van der Waals surface area contributed by atoms with Gasteiger partial charge in [-0.2, -0.15) is 0 Å². The molecule has 29 heavy (non-hydrogen) atoms. The monoisotopic (exact) mass is 399 g/mol. The van der Waals surface area contributed by atoms with Gasteiger partial charge in [0.1, 0.15) is 24.8 Å². The number of nitrogens with zero attached hydrogens (tertiary/aromatic N) is 1. The summed E-state index contributed by atoms with van der Waals surface area (Å²) in [6.45, 7) is 1.78. The highest BCUT2D eigenvalue weighted by molar-refractivity contribution is 5.99. The number of fused-ring (bicyclic) bond motifs is 1. The first-order chi connectivity index (χ1) is 14.1. The Morgan fingerprint density at radius 1 is 1.03 bits per heavy atom. The molecule has 1 saturated heterocycles. The summed E-state index contributed by atoms with van der Waals surface area (Å²) in [6, 6.07) is 9.43. The number of piperidine rings is 1. The summed E-state index contributed by atoms with van der Waals surface area (Å²) in [4.78, 5) is 27.1. The summed E-state index contributed by atoms with van der Waals surface area (Å²) in [6.07, 6.45) is 1.08. The summed E-state index contributed by atoms with van der Waals surface area (Å²) >= 11 is 0. The minimum atomic E-state index is -0.608. The first-order valence-corrected chi connectivity index (χ1v) is 9.63. The van der Waals surface area contributed by atoms with E-state index in [9.17, 15) is 14.0 Å². The van der Waals surface area contributed by atoms with Crippen molar-refractivity contribution in [2.24, 2.45) is 5.92 Å². The van der Waals surface area contributed by atoms with E-state index < -0.39 is 5.82 Å². The van der Waals surface area contributed by atoms with Crippen LogP contribution in [0.4, 0.5) is 4.39 Å². The van der Waals surface area contributed by atoms with E-state index in [0.717, 1.165) is 0 Å². The van der Waals surface area contributed by atoms with Crippen molar-refractivity contribution >= 4 is 11.7 Å². The molecule has 7 heteroatoms. The fraction of sp³-hybridized carbons (Fsp3) is 0.364. The molecular weight excluding hydrogens is 377 g/mol. The highest BCUT2D eigenvalue weighted by Gasteiger charge is 2.30. The lowest BCUT2D eigenvalue weighted by Gasteiger charge is -2.31. The first kappa shape index (κ1) is 19.2. The molecule has 0 aliphatic carbocycles. The third-order valence-corrected chi connectivity index (χ3v) is 5.39. The molecule has 0 bridgehead atoms. The lowest BCUT2D eigenvalue weighted by atomic mass is 9.88. The number of ketones is 1. The van der Waals surface area contributed by atoms with Crippen LogP contribution < -0.4 is 14.2 Å². The molecule has 1 amide bonds. The van der Waals surface area contributed by atoms with Crippen LogP contribution in [0.5, 0.6) is 17.2 Å². The van der Waals surface area contributed by atoms with Crippen molar-refractivity contribution in [1.82, 2.24) is 4.90 Å². The SMILES string of the molecule is COc1ccc(C(=O)N2CCC(C(=O)c3ccc4c(c3)OCCO4)CC2)c(F)c1. The lowest BCUT2D eigenvalue weighted by Crippen LogP contribution is -2.40. The maximum Gasteiger partial charge on any atom is 0.256 e. The maximum atomic E-state index is 14.2. The van der Waals surface area contributed by atoms with Crippen molar-refractivity contribution in [3.05, 3.63) is 53.3 Å². The van der Waals surface area contributed by atoms with E-state index in [4.69, 9.17) is 14.2 Å². The molecule has 0 aromatic heterocycles. The number of amides is 1. The topological polar surface area (TPSA) is 65.1 Å². The predicted molar refractivity (Wildman–Crippen MR) is 103 cm³/mol. The fourth-order valence-electron chi connectivity index (χ4n) is 3.74. The van der Waals surface area contributed by atoms with Gasteiger partial charge in [-0.3, -0.25) is 9.59 Å². The average Bonchev–Trinajstić information content (AvgIpc) is 2.77. The van der Waals surface area contributed by atoms with Gasteiger partial charge in [-0.1, -0.05) is 0 Å². The second-order valence-electron chi connectivity index (χ2n) is 7.13. The minimum absolute atomic E-state index is 0.0161. The zero-order valence-corrected chi connectivity index (χ0v) is 16.2. The highest BCUT2D eigenvalue weighted by Crippen LogP contribution is 2.33. The molecule has 152 valence electrons. The summed E-state index contributed by atoms with van der Waals surface area (Å²) < 4.78 is 30.2. The smallest absolute Gasteiger partial charge is 0.256 e. The van der Waals surface area contributed by atoms with Crippen LogP contribution >= 0.6 is 0 Å². The Hall–Kier alpha value is -3.09. The molecule has 0 unspecified atom stereocenters. The number of likely N-dealkylation sites (tertiary alicyclic amines) is 1. The molecule has 0 saturated carbocycles. The van der Waals surface area contributed by atoms with E-state index in [0.29, 0.717) is 62.0 Å². The molecule has 2 aliphatic heterocycles. The molecule has 0 spiro atoms. The summed E-state index contributed by atoms with van der Waals surface area (Å²) in [5.74, 6) is 0.480. The van der Waals surface area contributed by atoms with Gasteiger partial charge in [0.05, 0.1) is 12.7 Å². The number of methoxy groups -OCH3 is 1. The van der Waals surface area contributed by atoms with Crippen molar-refractivity contribution < 1.29 is 28.2 Å². The molecule has 0 N–H and O–H groups in total. The van der Waals surface area contributed by atoms with Gasteiger partial charge in [-0.25, -0.2) is 4.39 Å². The third-order valence-electron chi connectivity index (χ3n) is 5.39. The second-order valence-corrected chi connectivity index (χ2v) is 7.13. The Labute approximate surface area is 168 Å². The molecule has 4 rings (SSSR count). The maximum absolute atomic E-state index is 14.2. The molecule has 2 aromatic carbocycles. The average molecular weight is 399 g/mol. The summed E-state index contributed by atoms with van der Waals surface area (Å²) in [7, 11) is 1.44. The number of ether oxygens (including phenoxy) is 3. The quantitative estimate of drug-likeness (QED) is 0.738. The zero-order valence-electron chi connectivity index (χ0n) is 16.2. The van der Waals surface area contributed by atoms with Crippen LogP contribution in [0, 0.1) is 11.7 Å². The van der Waals surface area contributed by atoms with Crippen LogP contribution in [-0.2, 0) is 0 Å². The third kappa shape index (κ3) is 3.90. The molecule has 1 fully saturated rings. The van der Waals surface area contributed by atoms with E-state index in [1.807, 2.05) is 0 Å². The number of hydrogen-bond donors (Lipinski definition) is 0. The summed E-state index contributed by atoms with van der Waals surface area (Å²) in [5, 5.41) is 0. The second kappa shape index (κ2) is 8.11.